The van der Waals surface area contributed by atoms with Gasteiger partial charge in [-0.05, 0) is 61.2 Å². The first kappa shape index (κ1) is 24.7. The zero-order valence-corrected chi connectivity index (χ0v) is 19.5. The van der Waals surface area contributed by atoms with Crippen LogP contribution in [0.4, 0.5) is 18.9 Å². The molecule has 8 nitrogen and oxygen atoms in total. The Hall–Kier alpha value is -3.38. The summed E-state index contributed by atoms with van der Waals surface area (Å²) < 4.78 is 68.5. The first-order chi connectivity index (χ1) is 16.4. The number of ether oxygens (including phenoxy) is 1. The third-order valence-electron chi connectivity index (χ3n) is 5.94. The molecule has 0 atom stereocenters. The summed E-state index contributed by atoms with van der Waals surface area (Å²) in [7, 11) is -3.74. The van der Waals surface area contributed by atoms with Crippen LogP contribution in [0.15, 0.2) is 52.9 Å². The molecule has 12 heteroatoms. The van der Waals surface area contributed by atoms with Gasteiger partial charge in [-0.15, -0.1) is 13.2 Å². The summed E-state index contributed by atoms with van der Waals surface area (Å²) in [5, 5.41) is 3.74. The average molecular weight is 509 g/mol. The van der Waals surface area contributed by atoms with Crippen LogP contribution in [0, 0.1) is 6.92 Å². The maximum absolute atomic E-state index is 12.8. The van der Waals surface area contributed by atoms with Crippen molar-refractivity contribution in [3.8, 4) is 5.75 Å². The Kier molecular flexibility index (Phi) is 6.36. The number of nitrogen functional groups attached to an aromatic ring is 1. The predicted molar refractivity (Wildman–Crippen MR) is 125 cm³/mol. The number of nitrogens with zero attached hydrogens (tertiary/aromatic N) is 2. The average Bonchev–Trinajstić information content (AvgIpc) is 3.08. The van der Waals surface area contributed by atoms with E-state index < -0.39 is 33.6 Å². The highest BCUT2D eigenvalue weighted by atomic mass is 32.2. The van der Waals surface area contributed by atoms with Crippen LogP contribution in [0.5, 0.6) is 5.75 Å². The number of aliphatic imine (C=N–C) groups is 1. The van der Waals surface area contributed by atoms with Crippen LogP contribution in [0.3, 0.4) is 0 Å². The molecule has 2 aliphatic rings. The number of carbonyl (C=O) groups is 1. The number of rotatable bonds is 5. The Morgan fingerprint density at radius 1 is 1.17 bits per heavy atom. The molecule has 2 aliphatic heterocycles. The van der Waals surface area contributed by atoms with Crippen molar-refractivity contribution in [3.05, 3.63) is 64.6 Å². The number of alkyl halides is 3. The van der Waals surface area contributed by atoms with E-state index in [1.165, 1.54) is 22.5 Å². The number of carbonyl (C=O) groups excluding carboxylic acids is 1. The molecule has 2 aromatic carbocycles. The van der Waals surface area contributed by atoms with E-state index in [-0.39, 0.29) is 37.3 Å². The Labute approximate surface area is 200 Å². The van der Waals surface area contributed by atoms with Gasteiger partial charge < -0.3 is 15.8 Å². The summed E-state index contributed by atoms with van der Waals surface area (Å²) in [6.45, 7) is 1.95. The number of hydrogen-bond acceptors (Lipinski definition) is 6. The molecule has 3 N–H and O–H groups in total. The van der Waals surface area contributed by atoms with E-state index in [4.69, 9.17) is 5.73 Å². The first-order valence-electron chi connectivity index (χ1n) is 10.7. The molecule has 0 saturated carbocycles. The number of nitrogens with two attached hydrogens (primary N) is 1. The van der Waals surface area contributed by atoms with Crippen LogP contribution in [0.25, 0.3) is 6.08 Å². The van der Waals surface area contributed by atoms with Crippen molar-refractivity contribution in [1.29, 1.82) is 0 Å². The van der Waals surface area contributed by atoms with Crippen molar-refractivity contribution < 1.29 is 31.1 Å². The van der Waals surface area contributed by atoms with Gasteiger partial charge in [0.2, 0.25) is 10.0 Å². The van der Waals surface area contributed by atoms with Gasteiger partial charge in [-0.2, -0.15) is 4.31 Å². The standard InChI is InChI=1S/C23H23F3N4O4S/c1-15-13-18(27)6-5-16(15)7-12-35(32,33)30-10-8-22(9-11-30)21(31)28-20(29-22)17-3-2-4-19(14-17)34-23(24,25)26/h2-7,12-14H,8-11,27H2,1H3,(H,28,29,31)/b12-7+. The van der Waals surface area contributed by atoms with Gasteiger partial charge in [0.05, 0.1) is 0 Å². The zero-order chi connectivity index (χ0) is 25.4. The van der Waals surface area contributed by atoms with Crippen LogP contribution >= 0.6 is 0 Å². The SMILES string of the molecule is Cc1cc(N)ccc1/C=C/S(=O)(=O)N1CCC2(CC1)N=C(c1cccc(OC(F)(F)F)c1)NC2=O. The molecule has 186 valence electrons. The first-order valence-corrected chi connectivity index (χ1v) is 12.2. The van der Waals surface area contributed by atoms with E-state index in [1.54, 1.807) is 18.2 Å². The lowest BCUT2D eigenvalue weighted by Gasteiger charge is -2.34. The van der Waals surface area contributed by atoms with Crippen LogP contribution in [-0.4, -0.2) is 49.5 Å². The summed E-state index contributed by atoms with van der Waals surface area (Å²) in [6.07, 6.45) is -3.08. The molecule has 0 aliphatic carbocycles. The van der Waals surface area contributed by atoms with E-state index >= 15 is 0 Å². The molecule has 0 unspecified atom stereocenters. The summed E-state index contributed by atoms with van der Waals surface area (Å²) in [4.78, 5) is 17.2. The van der Waals surface area contributed by atoms with Crippen LogP contribution in [0.1, 0.15) is 29.5 Å². The van der Waals surface area contributed by atoms with Gasteiger partial charge in [0.1, 0.15) is 17.1 Å². The number of amides is 1. The van der Waals surface area contributed by atoms with Gasteiger partial charge >= 0.3 is 6.36 Å². The van der Waals surface area contributed by atoms with Gasteiger partial charge in [0, 0.05) is 29.7 Å². The van der Waals surface area contributed by atoms with Crippen molar-refractivity contribution in [2.75, 3.05) is 18.8 Å². The predicted octanol–water partition coefficient (Wildman–Crippen LogP) is 3.19. The molecule has 2 heterocycles. The minimum absolute atomic E-state index is 0.0643. The number of hydrogen-bond donors (Lipinski definition) is 2. The number of halogens is 3. The second kappa shape index (κ2) is 9.00. The van der Waals surface area contributed by atoms with Gasteiger partial charge in [-0.25, -0.2) is 8.42 Å². The van der Waals surface area contributed by atoms with Gasteiger partial charge in [0.15, 0.2) is 0 Å². The van der Waals surface area contributed by atoms with Crippen molar-refractivity contribution >= 4 is 33.5 Å². The fourth-order valence-corrected chi connectivity index (χ4v) is 5.26. The monoisotopic (exact) mass is 508 g/mol. The largest absolute Gasteiger partial charge is 0.573 e. The normalized spacial score (nSPS) is 18.6. The molecule has 1 fully saturated rings. The van der Waals surface area contributed by atoms with Crippen molar-refractivity contribution in [2.24, 2.45) is 4.99 Å². The number of aryl methyl sites for hydroxylation is 1. The Balaban J connectivity index is 1.47. The third kappa shape index (κ3) is 5.49. The number of nitrogens with one attached hydrogen (secondary N) is 1. The van der Waals surface area contributed by atoms with Gasteiger partial charge in [0.25, 0.3) is 5.91 Å². The zero-order valence-electron chi connectivity index (χ0n) is 18.7. The van der Waals surface area contributed by atoms with Crippen molar-refractivity contribution in [1.82, 2.24) is 9.62 Å². The molecule has 0 aromatic heterocycles. The Bertz CT molecular complexity index is 1310. The van der Waals surface area contributed by atoms with E-state index in [9.17, 15) is 26.4 Å². The molecule has 4 rings (SSSR count). The quantitative estimate of drug-likeness (QED) is 0.603. The van der Waals surface area contributed by atoms with Crippen molar-refractivity contribution in [3.63, 3.8) is 0 Å². The number of amidine groups is 1. The number of sulfonamides is 1. The number of benzene rings is 2. The Morgan fingerprint density at radius 2 is 1.89 bits per heavy atom. The fourth-order valence-electron chi connectivity index (χ4n) is 4.07. The highest BCUT2D eigenvalue weighted by molar-refractivity contribution is 7.92. The molecule has 1 saturated heterocycles. The van der Waals surface area contributed by atoms with Crippen LogP contribution in [0.2, 0.25) is 0 Å². The third-order valence-corrected chi connectivity index (χ3v) is 7.51. The topological polar surface area (TPSA) is 114 Å². The van der Waals surface area contributed by atoms with Gasteiger partial charge in [-0.3, -0.25) is 9.79 Å². The highest BCUT2D eigenvalue weighted by Crippen LogP contribution is 2.33. The lowest BCUT2D eigenvalue weighted by atomic mass is 9.89. The lowest BCUT2D eigenvalue weighted by molar-refractivity contribution is -0.274. The van der Waals surface area contributed by atoms with Crippen LogP contribution < -0.4 is 15.8 Å². The highest BCUT2D eigenvalue weighted by Gasteiger charge is 2.47. The minimum atomic E-state index is -4.85. The molecule has 2 aromatic rings. The molecular formula is C23H23F3N4O4S. The van der Waals surface area contributed by atoms with E-state index in [2.05, 4.69) is 15.0 Å². The Morgan fingerprint density at radius 3 is 2.54 bits per heavy atom. The maximum atomic E-state index is 12.8. The maximum Gasteiger partial charge on any atom is 0.573 e. The van der Waals surface area contributed by atoms with Crippen molar-refractivity contribution in [2.45, 2.75) is 31.7 Å². The minimum Gasteiger partial charge on any atom is -0.406 e. The van der Waals surface area contributed by atoms with Crippen LogP contribution in [-0.2, 0) is 14.8 Å². The summed E-state index contributed by atoms with van der Waals surface area (Å²) in [5.41, 5.74) is 6.94. The fraction of sp³-hybridized carbons (Fsp3) is 0.304. The number of piperidine rings is 1. The summed E-state index contributed by atoms with van der Waals surface area (Å²) >= 11 is 0. The van der Waals surface area contributed by atoms with E-state index in [0.717, 1.165) is 28.7 Å². The van der Waals surface area contributed by atoms with E-state index in [0.29, 0.717) is 5.69 Å². The van der Waals surface area contributed by atoms with E-state index in [1.807, 2.05) is 6.92 Å². The molecular weight excluding hydrogens is 485 g/mol. The molecule has 1 amide bonds. The number of anilines is 1. The second-order valence-electron chi connectivity index (χ2n) is 8.38. The molecule has 35 heavy (non-hydrogen) atoms. The molecule has 0 radical (unpaired) electrons. The summed E-state index contributed by atoms with van der Waals surface area (Å²) in [5.74, 6) is -0.727. The summed E-state index contributed by atoms with van der Waals surface area (Å²) in [6, 6.07) is 10.3. The molecule has 0 bridgehead atoms. The van der Waals surface area contributed by atoms with Gasteiger partial charge in [-0.1, -0.05) is 18.2 Å². The molecule has 1 spiro atoms. The smallest absolute Gasteiger partial charge is 0.406 e. The second-order valence-corrected chi connectivity index (χ2v) is 10.2. The lowest BCUT2D eigenvalue weighted by Crippen LogP contribution is -2.50.